The van der Waals surface area contributed by atoms with E-state index in [0.29, 0.717) is 34.3 Å². The Morgan fingerprint density at radius 3 is 2.45 bits per heavy atom. The molecule has 0 saturated carbocycles. The van der Waals surface area contributed by atoms with Gasteiger partial charge in [0.15, 0.2) is 0 Å². The van der Waals surface area contributed by atoms with Crippen molar-refractivity contribution in [3.8, 4) is 5.75 Å². The number of benzene rings is 2. The summed E-state index contributed by atoms with van der Waals surface area (Å²) in [5.74, 6) is -0.254. The highest BCUT2D eigenvalue weighted by atomic mass is 35.5. The zero-order valence-electron chi connectivity index (χ0n) is 22.2. The second-order valence-corrected chi connectivity index (χ2v) is 9.40. The van der Waals surface area contributed by atoms with E-state index in [0.717, 1.165) is 17.0 Å². The van der Waals surface area contributed by atoms with Gasteiger partial charge in [0, 0.05) is 19.0 Å². The lowest BCUT2D eigenvalue weighted by Crippen LogP contribution is -2.47. The molecule has 3 N–H and O–H groups in total. The number of hydrogen-bond acceptors (Lipinski definition) is 7. The van der Waals surface area contributed by atoms with Crippen LogP contribution in [0.1, 0.15) is 41.2 Å². The van der Waals surface area contributed by atoms with E-state index in [2.05, 4.69) is 26.0 Å². The fourth-order valence-corrected chi connectivity index (χ4v) is 4.03. The molecule has 1 aromatic heterocycles. The number of aromatic nitrogens is 2. The van der Waals surface area contributed by atoms with E-state index in [-0.39, 0.29) is 25.0 Å². The molecule has 0 aliphatic carbocycles. The lowest BCUT2D eigenvalue weighted by atomic mass is 10.0. The molecule has 10 nitrogen and oxygen atoms in total. The normalized spacial score (nSPS) is 12.1. The van der Waals surface area contributed by atoms with Gasteiger partial charge in [0.1, 0.15) is 17.5 Å². The first-order valence-electron chi connectivity index (χ1n) is 12.3. The van der Waals surface area contributed by atoms with Gasteiger partial charge in [-0.25, -0.2) is 0 Å². The molecular formula is C27H33ClN6O4. The minimum absolute atomic E-state index is 0.00914. The van der Waals surface area contributed by atoms with E-state index < -0.39 is 11.9 Å². The van der Waals surface area contributed by atoms with Crippen LogP contribution in [0.5, 0.6) is 5.75 Å². The van der Waals surface area contributed by atoms with Crippen LogP contribution in [0.2, 0.25) is 5.02 Å². The third-order valence-electron chi connectivity index (χ3n) is 5.72. The lowest BCUT2D eigenvalue weighted by Gasteiger charge is -2.18. The first-order chi connectivity index (χ1) is 18.1. The van der Waals surface area contributed by atoms with Crippen LogP contribution in [-0.2, 0) is 17.8 Å². The van der Waals surface area contributed by atoms with E-state index >= 15 is 0 Å². The highest BCUT2D eigenvalue weighted by molar-refractivity contribution is 6.32. The Morgan fingerprint density at radius 1 is 1.13 bits per heavy atom. The Kier molecular flexibility index (Phi) is 9.98. The highest BCUT2D eigenvalue weighted by Crippen LogP contribution is 2.27. The van der Waals surface area contributed by atoms with Crippen molar-refractivity contribution in [3.05, 3.63) is 70.0 Å². The molecule has 0 saturated heterocycles. The molecule has 1 atom stereocenters. The number of nitrogens with zero attached hydrogens (tertiary/aromatic N) is 4. The molecule has 0 radical (unpaired) electrons. The molecule has 2 amide bonds. The van der Waals surface area contributed by atoms with Crippen LogP contribution in [0, 0.1) is 13.8 Å². The Labute approximate surface area is 227 Å². The second-order valence-electron chi connectivity index (χ2n) is 8.99. The lowest BCUT2D eigenvalue weighted by molar-refractivity contribution is -0.122. The molecule has 11 heteroatoms. The second kappa shape index (κ2) is 13.2. The average Bonchev–Trinajstić information content (AvgIpc) is 3.15. The number of aryl methyl sites for hydroxylation is 1. The average molecular weight is 541 g/mol. The van der Waals surface area contributed by atoms with Crippen molar-refractivity contribution in [2.45, 2.75) is 52.8 Å². The van der Waals surface area contributed by atoms with Crippen molar-refractivity contribution in [3.63, 3.8) is 0 Å². The number of ether oxygens (including phenoxy) is 1. The van der Waals surface area contributed by atoms with Crippen LogP contribution in [0.25, 0.3) is 0 Å². The number of amides is 2. The summed E-state index contributed by atoms with van der Waals surface area (Å²) in [4.78, 5) is 25.4. The Bertz CT molecular complexity index is 1300. The molecule has 1 heterocycles. The first kappa shape index (κ1) is 28.8. The quantitative estimate of drug-likeness (QED) is 0.310. The molecule has 202 valence electrons. The van der Waals surface area contributed by atoms with E-state index in [1.807, 2.05) is 39.8 Å². The van der Waals surface area contributed by atoms with Gasteiger partial charge in [-0.2, -0.15) is 10.2 Å². The highest BCUT2D eigenvalue weighted by Gasteiger charge is 2.22. The van der Waals surface area contributed by atoms with E-state index in [4.69, 9.17) is 16.3 Å². The SMILES string of the molecule is CNC(=O)[C@H](Cc1ccc(N=Nc2c(C)nn(CCO)c2C)cc1)NC(=O)c1ccc(OC(C)C)c(Cl)c1. The first-order valence-corrected chi connectivity index (χ1v) is 12.6. The molecule has 38 heavy (non-hydrogen) atoms. The summed E-state index contributed by atoms with van der Waals surface area (Å²) in [6.07, 6.45) is 0.221. The Hall–Kier alpha value is -3.76. The van der Waals surface area contributed by atoms with Gasteiger partial charge in [-0.15, -0.1) is 5.11 Å². The fraction of sp³-hybridized carbons (Fsp3) is 0.370. The van der Waals surface area contributed by atoms with Crippen molar-refractivity contribution >= 4 is 34.8 Å². The van der Waals surface area contributed by atoms with Crippen LogP contribution in [0.15, 0.2) is 52.7 Å². The standard InChI is InChI=1S/C27H33ClN6O4/c1-16(2)38-24-11-8-20(15-22(24)28)26(36)30-23(27(37)29-5)14-19-6-9-21(10-7-19)31-32-25-17(3)33-34(12-13-35)18(25)4/h6-11,15-16,23,35H,12-14H2,1-5H3,(H,29,37)(H,30,36)/t23-/m0/s1. The summed E-state index contributed by atoms with van der Waals surface area (Å²) in [5, 5.41) is 27.9. The molecule has 0 aliphatic heterocycles. The number of azo groups is 1. The summed E-state index contributed by atoms with van der Waals surface area (Å²) in [5.41, 5.74) is 3.99. The van der Waals surface area contributed by atoms with Crippen LogP contribution in [0.4, 0.5) is 11.4 Å². The van der Waals surface area contributed by atoms with Gasteiger partial charge in [0.2, 0.25) is 5.91 Å². The zero-order chi connectivity index (χ0) is 27.8. The molecule has 0 bridgehead atoms. The minimum atomic E-state index is -0.798. The number of rotatable bonds is 11. The summed E-state index contributed by atoms with van der Waals surface area (Å²) in [6.45, 7) is 7.87. The molecule has 3 aromatic rings. The smallest absolute Gasteiger partial charge is 0.251 e. The predicted octanol–water partition coefficient (Wildman–Crippen LogP) is 4.44. The molecule has 0 spiro atoms. The molecule has 0 aliphatic rings. The van der Waals surface area contributed by atoms with Gasteiger partial charge in [-0.3, -0.25) is 14.3 Å². The Morgan fingerprint density at radius 2 is 1.84 bits per heavy atom. The van der Waals surface area contributed by atoms with Crippen LogP contribution >= 0.6 is 11.6 Å². The van der Waals surface area contributed by atoms with Crippen LogP contribution in [0.3, 0.4) is 0 Å². The maximum absolute atomic E-state index is 12.9. The predicted molar refractivity (Wildman–Crippen MR) is 146 cm³/mol. The number of carbonyl (C=O) groups excluding carboxylic acids is 2. The van der Waals surface area contributed by atoms with Gasteiger partial charge in [-0.1, -0.05) is 23.7 Å². The number of hydrogen-bond donors (Lipinski definition) is 3. The zero-order valence-corrected chi connectivity index (χ0v) is 22.9. The van der Waals surface area contributed by atoms with Gasteiger partial charge < -0.3 is 20.5 Å². The molecule has 3 rings (SSSR count). The number of aliphatic hydroxyl groups excluding tert-OH is 1. The minimum Gasteiger partial charge on any atom is -0.489 e. The van der Waals surface area contributed by atoms with Gasteiger partial charge >= 0.3 is 0 Å². The van der Waals surface area contributed by atoms with Crippen molar-refractivity contribution in [1.82, 2.24) is 20.4 Å². The molecule has 0 fully saturated rings. The maximum Gasteiger partial charge on any atom is 0.251 e. The molecule has 2 aromatic carbocycles. The number of likely N-dealkylation sites (N-methyl/N-ethyl adjacent to an activating group) is 1. The van der Waals surface area contributed by atoms with Crippen LogP contribution < -0.4 is 15.4 Å². The topological polar surface area (TPSA) is 130 Å². The Balaban J connectivity index is 1.70. The fourth-order valence-electron chi connectivity index (χ4n) is 3.80. The molecular weight excluding hydrogens is 508 g/mol. The number of aliphatic hydroxyl groups is 1. The van der Waals surface area contributed by atoms with Gasteiger partial charge in [0.25, 0.3) is 5.91 Å². The number of halogens is 1. The third kappa shape index (κ3) is 7.39. The van der Waals surface area contributed by atoms with Crippen molar-refractivity contribution in [1.29, 1.82) is 0 Å². The van der Waals surface area contributed by atoms with E-state index in [9.17, 15) is 14.7 Å². The number of carbonyl (C=O) groups is 2. The van der Waals surface area contributed by atoms with E-state index in [1.54, 1.807) is 28.9 Å². The largest absolute Gasteiger partial charge is 0.489 e. The van der Waals surface area contributed by atoms with Crippen molar-refractivity contribution < 1.29 is 19.4 Å². The summed E-state index contributed by atoms with van der Waals surface area (Å²) < 4.78 is 7.31. The van der Waals surface area contributed by atoms with Crippen LogP contribution in [-0.4, -0.2) is 52.5 Å². The van der Waals surface area contributed by atoms with Crippen molar-refractivity contribution in [2.24, 2.45) is 10.2 Å². The number of nitrogens with one attached hydrogen (secondary N) is 2. The molecule has 0 unspecified atom stereocenters. The summed E-state index contributed by atoms with van der Waals surface area (Å²) in [6, 6.07) is 11.2. The summed E-state index contributed by atoms with van der Waals surface area (Å²) in [7, 11) is 1.52. The maximum atomic E-state index is 12.9. The van der Waals surface area contributed by atoms with Gasteiger partial charge in [0.05, 0.1) is 41.4 Å². The van der Waals surface area contributed by atoms with Crippen molar-refractivity contribution in [2.75, 3.05) is 13.7 Å². The summed E-state index contributed by atoms with van der Waals surface area (Å²) >= 11 is 6.27. The monoisotopic (exact) mass is 540 g/mol. The van der Waals surface area contributed by atoms with Gasteiger partial charge in [-0.05, 0) is 63.6 Å². The van der Waals surface area contributed by atoms with E-state index in [1.165, 1.54) is 13.1 Å². The third-order valence-corrected chi connectivity index (χ3v) is 6.02.